The molecule has 1 atom stereocenters. The summed E-state index contributed by atoms with van der Waals surface area (Å²) in [7, 11) is 0. The Bertz CT molecular complexity index is 286. The van der Waals surface area contributed by atoms with Crippen LogP contribution in [-0.2, 0) is 0 Å². The standard InChI is InChI=1S/C12H21N3/c1-3-4-5-6-10(2)15-11-7-8-14-12(13)9-11/h7-10H,3-6H2,1-2H3,(H3,13,14,15). The fraction of sp³-hybridized carbons (Fsp3) is 0.583. The van der Waals surface area contributed by atoms with Crippen LogP contribution in [0.4, 0.5) is 11.5 Å². The Labute approximate surface area is 92.1 Å². The van der Waals surface area contributed by atoms with E-state index in [0.717, 1.165) is 5.69 Å². The van der Waals surface area contributed by atoms with Crippen molar-refractivity contribution in [1.29, 1.82) is 0 Å². The first kappa shape index (κ1) is 11.8. The van der Waals surface area contributed by atoms with Crippen molar-refractivity contribution < 1.29 is 0 Å². The molecule has 0 aliphatic rings. The maximum atomic E-state index is 5.60. The van der Waals surface area contributed by atoms with Gasteiger partial charge in [-0.2, -0.15) is 0 Å². The fourth-order valence-corrected chi connectivity index (χ4v) is 1.60. The minimum atomic E-state index is 0.498. The molecule has 3 N–H and O–H groups in total. The first-order chi connectivity index (χ1) is 7.22. The molecule has 0 aromatic carbocycles. The molecule has 0 saturated heterocycles. The summed E-state index contributed by atoms with van der Waals surface area (Å²) >= 11 is 0. The lowest BCUT2D eigenvalue weighted by atomic mass is 10.1. The number of nitrogens with one attached hydrogen (secondary N) is 1. The third kappa shape index (κ3) is 4.68. The highest BCUT2D eigenvalue weighted by atomic mass is 14.9. The third-order valence-electron chi connectivity index (χ3n) is 2.43. The lowest BCUT2D eigenvalue weighted by Crippen LogP contribution is -2.15. The van der Waals surface area contributed by atoms with Crippen molar-refractivity contribution in [3.05, 3.63) is 18.3 Å². The average Bonchev–Trinajstić information content (AvgIpc) is 2.18. The van der Waals surface area contributed by atoms with E-state index in [-0.39, 0.29) is 0 Å². The van der Waals surface area contributed by atoms with E-state index in [1.165, 1.54) is 25.7 Å². The zero-order valence-electron chi connectivity index (χ0n) is 9.66. The fourth-order valence-electron chi connectivity index (χ4n) is 1.60. The number of hydrogen-bond acceptors (Lipinski definition) is 3. The average molecular weight is 207 g/mol. The van der Waals surface area contributed by atoms with E-state index in [4.69, 9.17) is 5.73 Å². The topological polar surface area (TPSA) is 50.9 Å². The van der Waals surface area contributed by atoms with E-state index in [1.807, 2.05) is 12.1 Å². The van der Waals surface area contributed by atoms with Gasteiger partial charge in [-0.15, -0.1) is 0 Å². The van der Waals surface area contributed by atoms with Gasteiger partial charge in [0.2, 0.25) is 0 Å². The number of pyridine rings is 1. The van der Waals surface area contributed by atoms with Crippen LogP contribution in [0.5, 0.6) is 0 Å². The Morgan fingerprint density at radius 3 is 2.93 bits per heavy atom. The SMILES string of the molecule is CCCCCC(C)Nc1ccnc(N)c1. The molecule has 3 nitrogen and oxygen atoms in total. The number of nitrogens with two attached hydrogens (primary N) is 1. The molecule has 0 amide bonds. The van der Waals surface area contributed by atoms with Gasteiger partial charge in [-0.25, -0.2) is 4.98 Å². The van der Waals surface area contributed by atoms with Crippen molar-refractivity contribution in [3.63, 3.8) is 0 Å². The van der Waals surface area contributed by atoms with Crippen LogP contribution in [0.2, 0.25) is 0 Å². The second-order valence-electron chi connectivity index (χ2n) is 4.01. The van der Waals surface area contributed by atoms with Gasteiger partial charge in [0.25, 0.3) is 0 Å². The van der Waals surface area contributed by atoms with Crippen LogP contribution in [0.15, 0.2) is 18.3 Å². The number of hydrogen-bond donors (Lipinski definition) is 2. The first-order valence-electron chi connectivity index (χ1n) is 5.70. The van der Waals surface area contributed by atoms with Crippen molar-refractivity contribution in [2.75, 3.05) is 11.1 Å². The van der Waals surface area contributed by atoms with E-state index in [1.54, 1.807) is 6.20 Å². The molecule has 3 heteroatoms. The summed E-state index contributed by atoms with van der Waals surface area (Å²) in [6, 6.07) is 4.32. The third-order valence-corrected chi connectivity index (χ3v) is 2.43. The molecule has 15 heavy (non-hydrogen) atoms. The summed E-state index contributed by atoms with van der Waals surface area (Å²) in [4.78, 5) is 3.96. The van der Waals surface area contributed by atoms with Crippen LogP contribution < -0.4 is 11.1 Å². The van der Waals surface area contributed by atoms with Gasteiger partial charge in [-0.3, -0.25) is 0 Å². The lowest BCUT2D eigenvalue weighted by Gasteiger charge is -2.14. The summed E-state index contributed by atoms with van der Waals surface area (Å²) in [5.41, 5.74) is 6.67. The Morgan fingerprint density at radius 2 is 2.27 bits per heavy atom. The summed E-state index contributed by atoms with van der Waals surface area (Å²) < 4.78 is 0. The van der Waals surface area contributed by atoms with Gasteiger partial charge in [-0.1, -0.05) is 26.2 Å². The van der Waals surface area contributed by atoms with Gasteiger partial charge >= 0.3 is 0 Å². The van der Waals surface area contributed by atoms with Gasteiger partial charge in [-0.05, 0) is 19.4 Å². The minimum Gasteiger partial charge on any atom is -0.384 e. The minimum absolute atomic E-state index is 0.498. The highest BCUT2D eigenvalue weighted by Crippen LogP contribution is 2.13. The number of rotatable bonds is 6. The Morgan fingerprint density at radius 1 is 1.47 bits per heavy atom. The van der Waals surface area contributed by atoms with Crippen LogP contribution in [0, 0.1) is 0 Å². The van der Waals surface area contributed by atoms with Gasteiger partial charge < -0.3 is 11.1 Å². The highest BCUT2D eigenvalue weighted by molar-refractivity contribution is 5.50. The molecule has 0 aliphatic heterocycles. The van der Waals surface area contributed by atoms with Crippen molar-refractivity contribution >= 4 is 11.5 Å². The Hall–Kier alpha value is -1.25. The maximum absolute atomic E-state index is 5.60. The first-order valence-corrected chi connectivity index (χ1v) is 5.70. The van der Waals surface area contributed by atoms with Crippen molar-refractivity contribution in [2.45, 2.75) is 45.6 Å². The summed E-state index contributed by atoms with van der Waals surface area (Å²) in [5.74, 6) is 0.570. The van der Waals surface area contributed by atoms with Crippen LogP contribution >= 0.6 is 0 Å². The zero-order valence-corrected chi connectivity index (χ0v) is 9.66. The van der Waals surface area contributed by atoms with Crippen LogP contribution in [0.25, 0.3) is 0 Å². The van der Waals surface area contributed by atoms with Crippen LogP contribution in [0.1, 0.15) is 39.5 Å². The van der Waals surface area contributed by atoms with Crippen LogP contribution in [0.3, 0.4) is 0 Å². The largest absolute Gasteiger partial charge is 0.384 e. The summed E-state index contributed by atoms with van der Waals surface area (Å²) in [6.07, 6.45) is 6.80. The number of anilines is 2. The molecule has 0 bridgehead atoms. The van der Waals surface area contributed by atoms with Gasteiger partial charge in [0, 0.05) is 24.0 Å². The Balaban J connectivity index is 2.34. The molecule has 1 unspecified atom stereocenters. The molecule has 1 rings (SSSR count). The van der Waals surface area contributed by atoms with Crippen molar-refractivity contribution in [2.24, 2.45) is 0 Å². The van der Waals surface area contributed by atoms with Gasteiger partial charge in [0.05, 0.1) is 0 Å². The number of unbranched alkanes of at least 4 members (excludes halogenated alkanes) is 2. The number of nitrogen functional groups attached to an aromatic ring is 1. The molecule has 0 radical (unpaired) electrons. The molecular weight excluding hydrogens is 186 g/mol. The van der Waals surface area contributed by atoms with Gasteiger partial charge in [0.15, 0.2) is 0 Å². The van der Waals surface area contributed by atoms with E-state index in [2.05, 4.69) is 24.1 Å². The number of aromatic nitrogens is 1. The predicted octanol–water partition coefficient (Wildman–Crippen LogP) is 3.04. The molecule has 0 saturated carbocycles. The molecule has 1 aromatic heterocycles. The molecule has 84 valence electrons. The zero-order chi connectivity index (χ0) is 11.1. The molecular formula is C12H21N3. The van der Waals surface area contributed by atoms with E-state index in [0.29, 0.717) is 11.9 Å². The maximum Gasteiger partial charge on any atom is 0.125 e. The summed E-state index contributed by atoms with van der Waals surface area (Å²) in [6.45, 7) is 4.42. The molecule has 0 fully saturated rings. The molecule has 0 aliphatic carbocycles. The normalized spacial score (nSPS) is 12.4. The predicted molar refractivity (Wildman–Crippen MR) is 65.9 cm³/mol. The summed E-state index contributed by atoms with van der Waals surface area (Å²) in [5, 5.41) is 3.42. The van der Waals surface area contributed by atoms with E-state index >= 15 is 0 Å². The lowest BCUT2D eigenvalue weighted by molar-refractivity contribution is 0.615. The monoisotopic (exact) mass is 207 g/mol. The quantitative estimate of drug-likeness (QED) is 0.705. The molecule has 1 heterocycles. The number of nitrogens with zero attached hydrogens (tertiary/aromatic N) is 1. The Kier molecular flexibility index (Phi) is 4.95. The van der Waals surface area contributed by atoms with Gasteiger partial charge in [0.1, 0.15) is 5.82 Å². The second-order valence-corrected chi connectivity index (χ2v) is 4.01. The second kappa shape index (κ2) is 6.27. The highest BCUT2D eigenvalue weighted by Gasteiger charge is 2.01. The van der Waals surface area contributed by atoms with E-state index in [9.17, 15) is 0 Å². The van der Waals surface area contributed by atoms with Crippen molar-refractivity contribution in [3.8, 4) is 0 Å². The molecule has 0 spiro atoms. The van der Waals surface area contributed by atoms with Crippen LogP contribution in [-0.4, -0.2) is 11.0 Å². The molecule has 1 aromatic rings. The van der Waals surface area contributed by atoms with E-state index < -0.39 is 0 Å². The van der Waals surface area contributed by atoms with Crippen molar-refractivity contribution in [1.82, 2.24) is 4.98 Å². The smallest absolute Gasteiger partial charge is 0.125 e.